The van der Waals surface area contributed by atoms with Gasteiger partial charge in [-0.05, 0) is 30.3 Å². The quantitative estimate of drug-likeness (QED) is 0.553. The van der Waals surface area contributed by atoms with Crippen molar-refractivity contribution in [3.63, 3.8) is 0 Å². The van der Waals surface area contributed by atoms with E-state index in [0.29, 0.717) is 16.7 Å². The number of thiazole rings is 1. The van der Waals surface area contributed by atoms with Crippen LogP contribution in [0, 0.1) is 0 Å². The molecule has 0 saturated heterocycles. The predicted molar refractivity (Wildman–Crippen MR) is 107 cm³/mol. The van der Waals surface area contributed by atoms with E-state index in [1.165, 1.54) is 23.5 Å². The lowest BCUT2D eigenvalue weighted by Gasteiger charge is -2.12. The van der Waals surface area contributed by atoms with Crippen molar-refractivity contribution in [3.8, 4) is 5.75 Å². The van der Waals surface area contributed by atoms with Crippen molar-refractivity contribution in [1.29, 1.82) is 0 Å². The molecule has 3 N–H and O–H groups in total. The summed E-state index contributed by atoms with van der Waals surface area (Å²) in [5.74, 6) is 1.48. The number of rotatable bonds is 4. The van der Waals surface area contributed by atoms with E-state index in [2.05, 4.69) is 41.4 Å². The Kier molecular flexibility index (Phi) is 5.27. The van der Waals surface area contributed by atoms with Gasteiger partial charge in [-0.3, -0.25) is 5.32 Å². The van der Waals surface area contributed by atoms with E-state index in [1.54, 1.807) is 30.6 Å². The highest BCUT2D eigenvalue weighted by Crippen LogP contribution is 2.24. The van der Waals surface area contributed by atoms with Crippen molar-refractivity contribution in [2.45, 2.75) is 26.2 Å². The van der Waals surface area contributed by atoms with Crippen molar-refractivity contribution in [2.75, 3.05) is 10.6 Å². The number of nitrogens with one attached hydrogen (secondary N) is 2. The molecule has 8 heteroatoms. The maximum absolute atomic E-state index is 12.0. The van der Waals surface area contributed by atoms with Gasteiger partial charge in [0.15, 0.2) is 5.13 Å². The number of nitrogens with zero attached hydrogens (tertiary/aromatic N) is 2. The van der Waals surface area contributed by atoms with Gasteiger partial charge in [0.2, 0.25) is 5.89 Å². The molecule has 0 bridgehead atoms. The van der Waals surface area contributed by atoms with E-state index in [1.807, 2.05) is 6.08 Å². The highest BCUT2D eigenvalue weighted by molar-refractivity contribution is 7.16. The van der Waals surface area contributed by atoms with Gasteiger partial charge < -0.3 is 14.8 Å². The minimum atomic E-state index is -0.409. The highest BCUT2D eigenvalue weighted by atomic mass is 32.1. The second-order valence-corrected chi connectivity index (χ2v) is 7.90. The molecule has 7 nitrogen and oxygen atoms in total. The molecule has 0 spiro atoms. The summed E-state index contributed by atoms with van der Waals surface area (Å²) in [6.45, 7) is 6.18. The number of phenolic OH excluding ortho intramolecular Hbond substituents is 1. The number of hydrogen-bond acceptors (Lipinski definition) is 6. The first-order valence-corrected chi connectivity index (χ1v) is 9.08. The van der Waals surface area contributed by atoms with Gasteiger partial charge in [-0.15, -0.1) is 0 Å². The molecule has 0 aliphatic heterocycles. The van der Waals surface area contributed by atoms with E-state index < -0.39 is 6.03 Å². The van der Waals surface area contributed by atoms with Crippen molar-refractivity contribution in [2.24, 2.45) is 0 Å². The summed E-state index contributed by atoms with van der Waals surface area (Å²) < 4.78 is 5.70. The second-order valence-electron chi connectivity index (χ2n) is 6.84. The van der Waals surface area contributed by atoms with Crippen LogP contribution >= 0.6 is 11.3 Å². The number of hydrogen-bond donors (Lipinski definition) is 3. The zero-order valence-electron chi connectivity index (χ0n) is 15.2. The SMILES string of the molecule is CC(C)(C)c1cnc(/C=C/c2cnc(NC(=O)Nc3ccc(O)cc3)s2)o1. The fourth-order valence-corrected chi connectivity index (χ4v) is 2.80. The van der Waals surface area contributed by atoms with Crippen LogP contribution in [0.4, 0.5) is 15.6 Å². The van der Waals surface area contributed by atoms with Gasteiger partial charge in [0.05, 0.1) is 6.20 Å². The molecule has 2 aromatic heterocycles. The number of aromatic hydroxyl groups is 1. The van der Waals surface area contributed by atoms with Crippen LogP contribution in [0.1, 0.15) is 37.3 Å². The van der Waals surface area contributed by atoms with Crippen LogP contribution in [0.15, 0.2) is 41.1 Å². The summed E-state index contributed by atoms with van der Waals surface area (Å²) in [4.78, 5) is 21.3. The molecule has 140 valence electrons. The van der Waals surface area contributed by atoms with E-state index in [-0.39, 0.29) is 11.2 Å². The lowest BCUT2D eigenvalue weighted by atomic mass is 9.94. The molecule has 0 atom stereocenters. The van der Waals surface area contributed by atoms with Gasteiger partial charge in [-0.1, -0.05) is 32.1 Å². The van der Waals surface area contributed by atoms with Crippen LogP contribution in [0.3, 0.4) is 0 Å². The first-order chi connectivity index (χ1) is 12.8. The van der Waals surface area contributed by atoms with Crippen molar-refractivity contribution in [3.05, 3.63) is 53.2 Å². The minimum absolute atomic E-state index is 0.0917. The summed E-state index contributed by atoms with van der Waals surface area (Å²) in [5.41, 5.74) is 0.478. The summed E-state index contributed by atoms with van der Waals surface area (Å²) >= 11 is 1.33. The van der Waals surface area contributed by atoms with Gasteiger partial charge in [0.1, 0.15) is 11.5 Å². The largest absolute Gasteiger partial charge is 0.508 e. The molecule has 2 amide bonds. The molecule has 3 rings (SSSR count). The molecule has 0 unspecified atom stereocenters. The Morgan fingerprint density at radius 1 is 1.11 bits per heavy atom. The Balaban J connectivity index is 1.58. The number of carbonyl (C=O) groups excluding carboxylic acids is 1. The highest BCUT2D eigenvalue weighted by Gasteiger charge is 2.18. The maximum Gasteiger partial charge on any atom is 0.325 e. The average Bonchev–Trinajstić information content (AvgIpc) is 3.24. The zero-order chi connectivity index (χ0) is 19.4. The number of anilines is 2. The second kappa shape index (κ2) is 7.63. The van der Waals surface area contributed by atoms with Crippen LogP contribution < -0.4 is 10.6 Å². The van der Waals surface area contributed by atoms with Gasteiger partial charge >= 0.3 is 6.03 Å². The number of amides is 2. The smallest absolute Gasteiger partial charge is 0.325 e. The van der Waals surface area contributed by atoms with Crippen LogP contribution in [-0.4, -0.2) is 21.1 Å². The molecule has 0 aliphatic carbocycles. The summed E-state index contributed by atoms with van der Waals surface area (Å²) in [6.07, 6.45) is 6.99. The van der Waals surface area contributed by atoms with Crippen LogP contribution in [-0.2, 0) is 5.41 Å². The summed E-state index contributed by atoms with van der Waals surface area (Å²) in [7, 11) is 0. The maximum atomic E-state index is 12.0. The van der Waals surface area contributed by atoms with E-state index >= 15 is 0 Å². The predicted octanol–water partition coefficient (Wildman–Crippen LogP) is 4.95. The number of carbonyl (C=O) groups is 1. The number of urea groups is 1. The van der Waals surface area contributed by atoms with Crippen LogP contribution in [0.2, 0.25) is 0 Å². The standard InChI is InChI=1S/C19H20N4O3S/c1-19(2,3)15-11-20-16(26-15)9-8-14-10-21-18(27-14)23-17(25)22-12-4-6-13(24)7-5-12/h4-11,24H,1-3H3,(H2,21,22,23,25)/b9-8+. The third-order valence-corrected chi connectivity index (χ3v) is 4.40. The Bertz CT molecular complexity index is 952. The molecule has 3 aromatic rings. The van der Waals surface area contributed by atoms with E-state index in [0.717, 1.165) is 10.6 Å². The van der Waals surface area contributed by atoms with Crippen molar-refractivity contribution >= 4 is 40.3 Å². The molecular weight excluding hydrogens is 364 g/mol. The van der Waals surface area contributed by atoms with E-state index in [9.17, 15) is 9.90 Å². The molecule has 0 saturated carbocycles. The van der Waals surface area contributed by atoms with Crippen molar-refractivity contribution < 1.29 is 14.3 Å². The Morgan fingerprint density at radius 2 is 1.85 bits per heavy atom. The van der Waals surface area contributed by atoms with Gasteiger partial charge in [-0.25, -0.2) is 14.8 Å². The molecule has 0 radical (unpaired) electrons. The van der Waals surface area contributed by atoms with Crippen LogP contribution in [0.5, 0.6) is 5.75 Å². The monoisotopic (exact) mass is 384 g/mol. The fraction of sp³-hybridized carbons (Fsp3) is 0.211. The molecule has 2 heterocycles. The number of oxazole rings is 1. The molecule has 0 fully saturated rings. The first kappa shape index (κ1) is 18.7. The third-order valence-electron chi connectivity index (χ3n) is 3.52. The lowest BCUT2D eigenvalue weighted by molar-refractivity contribution is 0.262. The lowest BCUT2D eigenvalue weighted by Crippen LogP contribution is -2.19. The fourth-order valence-electron chi connectivity index (χ4n) is 2.09. The summed E-state index contributed by atoms with van der Waals surface area (Å²) in [5, 5.41) is 15.0. The minimum Gasteiger partial charge on any atom is -0.508 e. The first-order valence-electron chi connectivity index (χ1n) is 8.27. The van der Waals surface area contributed by atoms with Gasteiger partial charge in [-0.2, -0.15) is 0 Å². The molecule has 27 heavy (non-hydrogen) atoms. The van der Waals surface area contributed by atoms with Crippen molar-refractivity contribution in [1.82, 2.24) is 9.97 Å². The normalized spacial score (nSPS) is 11.7. The molecule has 0 aliphatic rings. The molecular formula is C19H20N4O3S. The van der Waals surface area contributed by atoms with E-state index in [4.69, 9.17) is 4.42 Å². The van der Waals surface area contributed by atoms with Crippen LogP contribution in [0.25, 0.3) is 12.2 Å². The van der Waals surface area contributed by atoms with Gasteiger partial charge in [0, 0.05) is 28.3 Å². The zero-order valence-corrected chi connectivity index (χ0v) is 16.0. The Labute approximate surface area is 160 Å². The average molecular weight is 384 g/mol. The Morgan fingerprint density at radius 3 is 2.52 bits per heavy atom. The third kappa shape index (κ3) is 5.18. The Hall–Kier alpha value is -3.13. The number of phenols is 1. The topological polar surface area (TPSA) is 100 Å². The number of benzene rings is 1. The van der Waals surface area contributed by atoms with Gasteiger partial charge in [0.25, 0.3) is 0 Å². The summed E-state index contributed by atoms with van der Waals surface area (Å²) in [6, 6.07) is 5.79. The number of aromatic nitrogens is 2. The molecule has 1 aromatic carbocycles.